The Labute approximate surface area is 126 Å². The molecule has 6 heteroatoms. The van der Waals surface area contributed by atoms with E-state index >= 15 is 0 Å². The minimum absolute atomic E-state index is 0.155. The lowest BCUT2D eigenvalue weighted by atomic mass is 10.1. The summed E-state index contributed by atoms with van der Waals surface area (Å²) < 4.78 is 38.6. The monoisotopic (exact) mass is 352 g/mol. The molecule has 0 aliphatic heterocycles. The van der Waals surface area contributed by atoms with Crippen LogP contribution >= 0.6 is 15.9 Å². The molecule has 0 aliphatic rings. The van der Waals surface area contributed by atoms with Crippen LogP contribution in [0.4, 0.5) is 18.9 Å². The first-order valence-electron chi connectivity index (χ1n) is 6.57. The third-order valence-electron chi connectivity index (χ3n) is 3.11. The van der Waals surface area contributed by atoms with Gasteiger partial charge in [0.25, 0.3) is 0 Å². The second kappa shape index (κ2) is 7.31. The molecule has 0 heterocycles. The molecular weight excluding hydrogens is 333 g/mol. The molecule has 2 nitrogen and oxygen atoms in total. The number of hydrogen-bond donors (Lipinski definition) is 1. The Morgan fingerprint density at radius 3 is 2.45 bits per heavy atom. The summed E-state index contributed by atoms with van der Waals surface area (Å²) in [5.74, 6) is 0. The van der Waals surface area contributed by atoms with E-state index in [2.05, 4.69) is 21.2 Å². The van der Waals surface area contributed by atoms with E-state index in [1.54, 1.807) is 6.07 Å². The summed E-state index contributed by atoms with van der Waals surface area (Å²) in [5, 5.41) is 3.11. The van der Waals surface area contributed by atoms with Gasteiger partial charge in [0.05, 0.1) is 5.69 Å². The molecule has 0 aromatic heterocycles. The topological polar surface area (TPSA) is 15.3 Å². The summed E-state index contributed by atoms with van der Waals surface area (Å²) in [5.41, 5.74) is 1.61. The molecule has 20 heavy (non-hydrogen) atoms. The van der Waals surface area contributed by atoms with Gasteiger partial charge in [0.2, 0.25) is 0 Å². The fourth-order valence-electron chi connectivity index (χ4n) is 1.99. The maximum Gasteiger partial charge on any atom is 0.405 e. The van der Waals surface area contributed by atoms with E-state index in [0.717, 1.165) is 5.56 Å². The second-order valence-corrected chi connectivity index (χ2v) is 5.61. The molecule has 1 unspecified atom stereocenters. The molecule has 0 fully saturated rings. The van der Waals surface area contributed by atoms with Gasteiger partial charge in [-0.1, -0.05) is 13.0 Å². The van der Waals surface area contributed by atoms with Gasteiger partial charge in [-0.05, 0) is 54.0 Å². The number of halogens is 4. The summed E-state index contributed by atoms with van der Waals surface area (Å²) in [4.78, 5) is 1.36. The smallest absolute Gasteiger partial charge is 0.362 e. The highest BCUT2D eigenvalue weighted by Crippen LogP contribution is 2.31. The number of hydrogen-bond acceptors (Lipinski definition) is 2. The molecule has 1 N–H and O–H groups in total. The van der Waals surface area contributed by atoms with Gasteiger partial charge in [0.1, 0.15) is 6.54 Å². The summed E-state index contributed by atoms with van der Waals surface area (Å²) in [6.45, 7) is 3.31. The van der Waals surface area contributed by atoms with E-state index in [9.17, 15) is 13.2 Å². The molecule has 0 amide bonds. The van der Waals surface area contributed by atoms with Crippen LogP contribution < -0.4 is 10.2 Å². The van der Waals surface area contributed by atoms with Crippen molar-refractivity contribution in [1.29, 1.82) is 0 Å². The molecule has 1 aromatic carbocycles. The fraction of sp³-hybridized carbons (Fsp3) is 0.571. The highest BCUT2D eigenvalue weighted by molar-refractivity contribution is 9.10. The zero-order valence-corrected chi connectivity index (χ0v) is 13.5. The average Bonchev–Trinajstić information content (AvgIpc) is 2.35. The van der Waals surface area contributed by atoms with E-state index in [-0.39, 0.29) is 6.04 Å². The standard InChI is InChI=1S/C14H20BrF3N2/c1-4-7-20(9-14(16,17)18)13-6-5-11(8-12(13)15)10(2)19-3/h5-6,8,10,19H,4,7,9H2,1-3H3. The van der Waals surface area contributed by atoms with Crippen LogP contribution in [-0.2, 0) is 0 Å². The summed E-state index contributed by atoms with van der Waals surface area (Å²) in [7, 11) is 1.85. The van der Waals surface area contributed by atoms with Crippen molar-refractivity contribution >= 4 is 21.6 Å². The maximum absolute atomic E-state index is 12.6. The van der Waals surface area contributed by atoms with Gasteiger partial charge in [-0.2, -0.15) is 13.2 Å². The van der Waals surface area contributed by atoms with Gasteiger partial charge in [-0.3, -0.25) is 0 Å². The number of anilines is 1. The van der Waals surface area contributed by atoms with Gasteiger partial charge >= 0.3 is 6.18 Å². The van der Waals surface area contributed by atoms with Gasteiger partial charge in [0, 0.05) is 17.1 Å². The lowest BCUT2D eigenvalue weighted by Gasteiger charge is -2.27. The van der Waals surface area contributed by atoms with E-state index in [0.29, 0.717) is 23.1 Å². The predicted octanol–water partition coefficient (Wildman–Crippen LogP) is 4.51. The normalized spacial score (nSPS) is 13.3. The Bertz CT molecular complexity index is 435. The largest absolute Gasteiger partial charge is 0.405 e. The third kappa shape index (κ3) is 4.98. The Hall–Kier alpha value is -0.750. The van der Waals surface area contributed by atoms with Crippen LogP contribution in [0, 0.1) is 0 Å². The Morgan fingerprint density at radius 2 is 2.00 bits per heavy atom. The highest BCUT2D eigenvalue weighted by atomic mass is 79.9. The van der Waals surface area contributed by atoms with Crippen molar-refractivity contribution in [3.05, 3.63) is 28.2 Å². The quantitative estimate of drug-likeness (QED) is 0.810. The summed E-state index contributed by atoms with van der Waals surface area (Å²) >= 11 is 3.39. The number of nitrogens with one attached hydrogen (secondary N) is 1. The van der Waals surface area contributed by atoms with Gasteiger partial charge in [-0.15, -0.1) is 0 Å². The van der Waals surface area contributed by atoms with Crippen LogP contribution in [-0.4, -0.2) is 26.3 Å². The molecular formula is C14H20BrF3N2. The molecule has 0 bridgehead atoms. The molecule has 0 saturated carbocycles. The van der Waals surface area contributed by atoms with E-state index in [4.69, 9.17) is 0 Å². The fourth-order valence-corrected chi connectivity index (χ4v) is 2.63. The maximum atomic E-state index is 12.6. The van der Waals surface area contributed by atoms with Crippen molar-refractivity contribution in [2.45, 2.75) is 32.5 Å². The molecule has 114 valence electrons. The third-order valence-corrected chi connectivity index (χ3v) is 3.74. The zero-order valence-electron chi connectivity index (χ0n) is 11.9. The molecule has 1 aromatic rings. The zero-order chi connectivity index (χ0) is 15.3. The van der Waals surface area contributed by atoms with Crippen molar-refractivity contribution in [2.24, 2.45) is 0 Å². The Balaban J connectivity index is 3.02. The second-order valence-electron chi connectivity index (χ2n) is 4.76. The molecule has 0 spiro atoms. The summed E-state index contributed by atoms with van der Waals surface area (Å²) in [6.07, 6.45) is -3.54. The molecule has 0 radical (unpaired) electrons. The molecule has 1 atom stereocenters. The van der Waals surface area contributed by atoms with Crippen molar-refractivity contribution < 1.29 is 13.2 Å². The first-order chi connectivity index (χ1) is 9.28. The highest BCUT2D eigenvalue weighted by Gasteiger charge is 2.31. The van der Waals surface area contributed by atoms with Crippen LogP contribution in [0.15, 0.2) is 22.7 Å². The van der Waals surface area contributed by atoms with Crippen LogP contribution in [0.25, 0.3) is 0 Å². The first kappa shape index (κ1) is 17.3. The van der Waals surface area contributed by atoms with Crippen LogP contribution in [0.2, 0.25) is 0 Å². The molecule has 0 aliphatic carbocycles. The average molecular weight is 353 g/mol. The van der Waals surface area contributed by atoms with Gasteiger partial charge in [-0.25, -0.2) is 0 Å². The van der Waals surface area contributed by atoms with E-state index in [1.165, 1.54) is 4.90 Å². The number of benzene rings is 1. The van der Waals surface area contributed by atoms with E-state index in [1.807, 2.05) is 33.0 Å². The lowest BCUT2D eigenvalue weighted by Crippen LogP contribution is -2.35. The SMILES string of the molecule is CCCN(CC(F)(F)F)c1ccc(C(C)NC)cc1Br. The first-order valence-corrected chi connectivity index (χ1v) is 7.36. The minimum Gasteiger partial charge on any atom is -0.362 e. The van der Waals surface area contributed by atoms with E-state index < -0.39 is 12.7 Å². The molecule has 1 rings (SSSR count). The van der Waals surface area contributed by atoms with Crippen LogP contribution in [0.3, 0.4) is 0 Å². The van der Waals surface area contributed by atoms with Gasteiger partial charge < -0.3 is 10.2 Å². The number of alkyl halides is 3. The minimum atomic E-state index is -4.20. The van der Waals surface area contributed by atoms with Crippen molar-refractivity contribution in [3.63, 3.8) is 0 Å². The predicted molar refractivity (Wildman–Crippen MR) is 80.2 cm³/mol. The Kier molecular flexibility index (Phi) is 6.33. The van der Waals surface area contributed by atoms with Crippen molar-refractivity contribution in [3.8, 4) is 0 Å². The van der Waals surface area contributed by atoms with Crippen molar-refractivity contribution in [1.82, 2.24) is 5.32 Å². The Morgan fingerprint density at radius 1 is 1.35 bits per heavy atom. The number of rotatable bonds is 6. The van der Waals surface area contributed by atoms with Crippen LogP contribution in [0.1, 0.15) is 31.9 Å². The number of nitrogens with zero attached hydrogens (tertiary/aromatic N) is 1. The molecule has 0 saturated heterocycles. The van der Waals surface area contributed by atoms with Gasteiger partial charge in [0.15, 0.2) is 0 Å². The summed E-state index contributed by atoms with van der Waals surface area (Å²) in [6, 6.07) is 5.63. The van der Waals surface area contributed by atoms with Crippen LogP contribution in [0.5, 0.6) is 0 Å². The lowest BCUT2D eigenvalue weighted by molar-refractivity contribution is -0.119. The van der Waals surface area contributed by atoms with Crippen molar-refractivity contribution in [2.75, 3.05) is 25.0 Å².